The van der Waals surface area contributed by atoms with Gasteiger partial charge in [0, 0.05) is 18.2 Å². The Hall–Kier alpha value is -3.60. The number of nitrogens with one attached hydrogen (secondary N) is 1. The zero-order valence-corrected chi connectivity index (χ0v) is 18.8. The second kappa shape index (κ2) is 9.10. The molecular formula is C28H28N2O3. The molecule has 1 atom stereocenters. The minimum absolute atomic E-state index is 0.0759. The fraction of sp³-hybridized carbons (Fsp3) is 0.286. The van der Waals surface area contributed by atoms with Gasteiger partial charge in [0.05, 0.1) is 6.04 Å². The summed E-state index contributed by atoms with van der Waals surface area (Å²) in [4.78, 5) is 27.5. The molecule has 0 radical (unpaired) electrons. The monoisotopic (exact) mass is 440 g/mol. The molecule has 5 nitrogen and oxygen atoms in total. The van der Waals surface area contributed by atoms with Gasteiger partial charge in [-0.25, -0.2) is 0 Å². The summed E-state index contributed by atoms with van der Waals surface area (Å²) < 4.78 is 5.85. The van der Waals surface area contributed by atoms with E-state index in [9.17, 15) is 9.59 Å². The summed E-state index contributed by atoms with van der Waals surface area (Å²) in [5, 5.41) is 2.84. The number of hydrogen-bond acceptors (Lipinski definition) is 3. The molecule has 1 N–H and O–H groups in total. The topological polar surface area (TPSA) is 58.6 Å². The van der Waals surface area contributed by atoms with Crippen LogP contribution in [0.2, 0.25) is 0 Å². The summed E-state index contributed by atoms with van der Waals surface area (Å²) >= 11 is 0. The van der Waals surface area contributed by atoms with E-state index in [4.69, 9.17) is 4.74 Å². The van der Waals surface area contributed by atoms with Gasteiger partial charge in [0.25, 0.3) is 5.91 Å². The summed E-state index contributed by atoms with van der Waals surface area (Å²) in [5.41, 5.74) is 5.34. The third kappa shape index (κ3) is 4.77. The molecule has 1 unspecified atom stereocenters. The number of fused-ring (bicyclic) bond motifs is 1. The predicted molar refractivity (Wildman–Crippen MR) is 128 cm³/mol. The molecule has 1 aliphatic heterocycles. The molecule has 0 saturated heterocycles. The van der Waals surface area contributed by atoms with Crippen LogP contribution >= 0.6 is 0 Å². The van der Waals surface area contributed by atoms with Gasteiger partial charge in [-0.3, -0.25) is 9.59 Å². The summed E-state index contributed by atoms with van der Waals surface area (Å²) in [5.74, 6) is 0.843. The Morgan fingerprint density at radius 2 is 1.82 bits per heavy atom. The first-order valence-electron chi connectivity index (χ1n) is 11.6. The average molecular weight is 441 g/mol. The highest BCUT2D eigenvalue weighted by molar-refractivity contribution is 5.91. The van der Waals surface area contributed by atoms with E-state index in [0.717, 1.165) is 42.6 Å². The van der Waals surface area contributed by atoms with Crippen LogP contribution in [0.4, 0.5) is 5.69 Å². The van der Waals surface area contributed by atoms with E-state index in [1.807, 2.05) is 53.4 Å². The third-order valence-corrected chi connectivity index (χ3v) is 6.34. The van der Waals surface area contributed by atoms with Crippen molar-refractivity contribution in [3.05, 3.63) is 95.1 Å². The average Bonchev–Trinajstić information content (AvgIpc) is 3.68. The molecule has 0 bridgehead atoms. The third-order valence-electron chi connectivity index (χ3n) is 6.34. The molecule has 168 valence electrons. The zero-order valence-electron chi connectivity index (χ0n) is 18.8. The lowest BCUT2D eigenvalue weighted by atomic mass is 9.87. The number of ether oxygens (including phenoxy) is 1. The van der Waals surface area contributed by atoms with Crippen LogP contribution in [-0.2, 0) is 16.0 Å². The van der Waals surface area contributed by atoms with Crippen molar-refractivity contribution in [1.29, 1.82) is 0 Å². The summed E-state index contributed by atoms with van der Waals surface area (Å²) in [7, 11) is 0. The van der Waals surface area contributed by atoms with E-state index in [1.165, 1.54) is 11.1 Å². The molecule has 1 saturated carbocycles. The van der Waals surface area contributed by atoms with Gasteiger partial charge in [-0.2, -0.15) is 0 Å². The molecule has 3 aromatic carbocycles. The number of carbonyl (C=O) groups is 2. The maximum Gasteiger partial charge on any atom is 0.262 e. The first-order chi connectivity index (χ1) is 16.1. The molecule has 1 heterocycles. The van der Waals surface area contributed by atoms with Crippen LogP contribution in [0.15, 0.2) is 72.8 Å². The molecule has 0 spiro atoms. The molecule has 1 aliphatic carbocycles. The van der Waals surface area contributed by atoms with Gasteiger partial charge in [-0.15, -0.1) is 0 Å². The summed E-state index contributed by atoms with van der Waals surface area (Å²) in [6.45, 7) is 2.72. The maximum atomic E-state index is 13.2. The van der Waals surface area contributed by atoms with Gasteiger partial charge >= 0.3 is 0 Å². The fourth-order valence-corrected chi connectivity index (χ4v) is 4.55. The van der Waals surface area contributed by atoms with Crippen molar-refractivity contribution < 1.29 is 14.3 Å². The second-order valence-electron chi connectivity index (χ2n) is 8.94. The number of amides is 2. The predicted octanol–water partition coefficient (Wildman–Crippen LogP) is 4.90. The number of benzene rings is 3. The van der Waals surface area contributed by atoms with Crippen LogP contribution in [0.25, 0.3) is 0 Å². The van der Waals surface area contributed by atoms with Crippen molar-refractivity contribution in [3.63, 3.8) is 0 Å². The number of para-hydroxylation sites is 1. The Bertz CT molecular complexity index is 1170. The van der Waals surface area contributed by atoms with E-state index >= 15 is 0 Å². The van der Waals surface area contributed by atoms with Crippen LogP contribution in [0.3, 0.4) is 0 Å². The highest BCUT2D eigenvalue weighted by Crippen LogP contribution is 2.41. The standard InChI is InChI=1S/C28H28N2O3/c1-19-6-5-7-22(16-19)27-25-17-24(33-18-26(31)29-23-8-3-2-4-9-23)13-12-20(25)14-15-30(27)28(32)21-10-11-21/h2-9,12-13,16-17,21,27H,10-11,14-15,18H2,1H3,(H,29,31). The van der Waals surface area contributed by atoms with E-state index < -0.39 is 0 Å². The Balaban J connectivity index is 1.39. The summed E-state index contributed by atoms with van der Waals surface area (Å²) in [6.07, 6.45) is 2.80. The van der Waals surface area contributed by atoms with Gasteiger partial charge in [-0.05, 0) is 67.1 Å². The van der Waals surface area contributed by atoms with Crippen molar-refractivity contribution in [3.8, 4) is 5.75 Å². The lowest BCUT2D eigenvalue weighted by Crippen LogP contribution is -2.41. The molecule has 3 aromatic rings. The van der Waals surface area contributed by atoms with Gasteiger partial charge in [-0.1, -0.05) is 54.1 Å². The number of nitrogens with zero attached hydrogens (tertiary/aromatic N) is 1. The molecule has 1 fully saturated rings. The van der Waals surface area contributed by atoms with Gasteiger partial charge in [0.15, 0.2) is 6.61 Å². The van der Waals surface area contributed by atoms with Crippen molar-refractivity contribution in [2.75, 3.05) is 18.5 Å². The van der Waals surface area contributed by atoms with Crippen molar-refractivity contribution in [2.45, 2.75) is 32.2 Å². The smallest absolute Gasteiger partial charge is 0.262 e. The fourth-order valence-electron chi connectivity index (χ4n) is 4.55. The van der Waals surface area contributed by atoms with Gasteiger partial charge < -0.3 is 15.0 Å². The zero-order chi connectivity index (χ0) is 22.8. The van der Waals surface area contributed by atoms with Crippen LogP contribution < -0.4 is 10.1 Å². The van der Waals surface area contributed by atoms with Gasteiger partial charge in [0.2, 0.25) is 5.91 Å². The number of rotatable bonds is 6. The van der Waals surface area contributed by atoms with Crippen molar-refractivity contribution >= 4 is 17.5 Å². The Morgan fingerprint density at radius 3 is 2.58 bits per heavy atom. The quantitative estimate of drug-likeness (QED) is 0.593. The van der Waals surface area contributed by atoms with Gasteiger partial charge in [0.1, 0.15) is 5.75 Å². The van der Waals surface area contributed by atoms with Crippen LogP contribution in [0, 0.1) is 12.8 Å². The Kier molecular flexibility index (Phi) is 5.86. The Morgan fingerprint density at radius 1 is 1.00 bits per heavy atom. The maximum absolute atomic E-state index is 13.2. The lowest BCUT2D eigenvalue weighted by Gasteiger charge is -2.38. The molecule has 33 heavy (non-hydrogen) atoms. The molecule has 2 amide bonds. The Labute approximate surface area is 194 Å². The molecular weight excluding hydrogens is 412 g/mol. The van der Waals surface area contributed by atoms with E-state index in [0.29, 0.717) is 5.75 Å². The van der Waals surface area contributed by atoms with Crippen molar-refractivity contribution in [1.82, 2.24) is 4.90 Å². The SMILES string of the molecule is Cc1cccc(C2c3cc(OCC(=O)Nc4ccccc4)ccc3CCN2C(=O)C2CC2)c1. The number of aryl methyl sites for hydroxylation is 1. The first-order valence-corrected chi connectivity index (χ1v) is 11.6. The largest absolute Gasteiger partial charge is 0.484 e. The van der Waals surface area contributed by atoms with Crippen molar-refractivity contribution in [2.24, 2.45) is 5.92 Å². The summed E-state index contributed by atoms with van der Waals surface area (Å²) in [6, 6.07) is 23.6. The minimum atomic E-state index is -0.209. The number of hydrogen-bond donors (Lipinski definition) is 1. The highest BCUT2D eigenvalue weighted by atomic mass is 16.5. The number of anilines is 1. The molecule has 0 aromatic heterocycles. The molecule has 5 heteroatoms. The highest BCUT2D eigenvalue weighted by Gasteiger charge is 2.39. The van der Waals surface area contributed by atoms with E-state index in [-0.39, 0.29) is 30.4 Å². The van der Waals surface area contributed by atoms with Crippen LogP contribution in [-0.4, -0.2) is 29.9 Å². The lowest BCUT2D eigenvalue weighted by molar-refractivity contribution is -0.134. The molecule has 5 rings (SSSR count). The van der Waals surface area contributed by atoms with E-state index in [1.54, 1.807) is 0 Å². The normalized spacial score (nSPS) is 17.2. The number of carbonyl (C=O) groups excluding carboxylic acids is 2. The molecule has 2 aliphatic rings. The second-order valence-corrected chi connectivity index (χ2v) is 8.94. The van der Waals surface area contributed by atoms with Crippen LogP contribution in [0.5, 0.6) is 5.75 Å². The minimum Gasteiger partial charge on any atom is -0.484 e. The van der Waals surface area contributed by atoms with E-state index in [2.05, 4.69) is 36.5 Å². The van der Waals surface area contributed by atoms with Crippen LogP contribution in [0.1, 0.15) is 41.1 Å². The first kappa shape index (κ1) is 21.3.